The van der Waals surface area contributed by atoms with Crippen LogP contribution in [-0.2, 0) is 22.3 Å². The number of aromatic nitrogens is 3. The van der Waals surface area contributed by atoms with Gasteiger partial charge in [-0.05, 0) is 27.7 Å². The van der Waals surface area contributed by atoms with Crippen molar-refractivity contribution >= 4 is 29.1 Å². The fourth-order valence-corrected chi connectivity index (χ4v) is 3.35. The molecule has 2 heterocycles. The van der Waals surface area contributed by atoms with Gasteiger partial charge in [-0.1, -0.05) is 0 Å². The summed E-state index contributed by atoms with van der Waals surface area (Å²) in [6.07, 6.45) is 3.75. The second-order valence-corrected chi connectivity index (χ2v) is 8.22. The standard InChI is InChI=1S/C15H21N3O2S2/c1-10(14(19)20-15(2,3)4)21-8-12-9-22-13(17-12)11-6-16-18(5)7-11/h6-7,9-10H,8H2,1-5H3. The first kappa shape index (κ1) is 17.0. The lowest BCUT2D eigenvalue weighted by molar-refractivity contribution is -0.153. The molecule has 22 heavy (non-hydrogen) atoms. The molecule has 0 radical (unpaired) electrons. The summed E-state index contributed by atoms with van der Waals surface area (Å²) in [6.45, 7) is 7.50. The van der Waals surface area contributed by atoms with E-state index in [1.54, 1.807) is 34.0 Å². The summed E-state index contributed by atoms with van der Waals surface area (Å²) in [5, 5.41) is 6.92. The second kappa shape index (κ2) is 6.83. The van der Waals surface area contributed by atoms with E-state index >= 15 is 0 Å². The zero-order chi connectivity index (χ0) is 16.3. The molecule has 0 saturated carbocycles. The van der Waals surface area contributed by atoms with Crippen LogP contribution in [0.2, 0.25) is 0 Å². The van der Waals surface area contributed by atoms with Crippen molar-refractivity contribution in [1.29, 1.82) is 0 Å². The molecular weight excluding hydrogens is 318 g/mol. The highest BCUT2D eigenvalue weighted by Gasteiger charge is 2.22. The van der Waals surface area contributed by atoms with Crippen LogP contribution in [0, 0.1) is 0 Å². The summed E-state index contributed by atoms with van der Waals surface area (Å²) in [5.74, 6) is 0.511. The van der Waals surface area contributed by atoms with Gasteiger partial charge in [-0.15, -0.1) is 23.1 Å². The highest BCUT2D eigenvalue weighted by atomic mass is 32.2. The van der Waals surface area contributed by atoms with E-state index in [0.29, 0.717) is 5.75 Å². The first-order valence-electron chi connectivity index (χ1n) is 7.02. The maximum Gasteiger partial charge on any atom is 0.319 e. The van der Waals surface area contributed by atoms with Crippen LogP contribution in [-0.4, -0.2) is 31.6 Å². The Kier molecular flexibility index (Phi) is 5.28. The van der Waals surface area contributed by atoms with E-state index < -0.39 is 5.60 Å². The van der Waals surface area contributed by atoms with Crippen molar-refractivity contribution in [3.63, 3.8) is 0 Å². The van der Waals surface area contributed by atoms with Crippen molar-refractivity contribution in [3.8, 4) is 10.6 Å². The minimum atomic E-state index is -0.444. The van der Waals surface area contributed by atoms with Crippen LogP contribution < -0.4 is 0 Å². The molecule has 0 aromatic carbocycles. The van der Waals surface area contributed by atoms with Gasteiger partial charge in [0.1, 0.15) is 10.6 Å². The molecule has 0 N–H and O–H groups in total. The van der Waals surface area contributed by atoms with Gasteiger partial charge < -0.3 is 4.74 Å². The van der Waals surface area contributed by atoms with Gasteiger partial charge in [-0.25, -0.2) is 4.98 Å². The summed E-state index contributed by atoms with van der Waals surface area (Å²) < 4.78 is 7.14. The largest absolute Gasteiger partial charge is 0.459 e. The smallest absolute Gasteiger partial charge is 0.319 e. The zero-order valence-corrected chi connectivity index (χ0v) is 15.1. The molecule has 0 spiro atoms. The fourth-order valence-electron chi connectivity index (χ4n) is 1.70. The Morgan fingerprint density at radius 1 is 1.50 bits per heavy atom. The van der Waals surface area contributed by atoms with E-state index in [1.165, 1.54) is 0 Å². The number of aryl methyl sites for hydroxylation is 1. The zero-order valence-electron chi connectivity index (χ0n) is 13.5. The first-order chi connectivity index (χ1) is 10.2. The van der Waals surface area contributed by atoms with E-state index in [4.69, 9.17) is 4.74 Å². The van der Waals surface area contributed by atoms with Crippen molar-refractivity contribution in [2.24, 2.45) is 7.05 Å². The Bertz CT molecular complexity index is 643. The van der Waals surface area contributed by atoms with Crippen molar-refractivity contribution in [3.05, 3.63) is 23.5 Å². The maximum absolute atomic E-state index is 11.9. The second-order valence-electron chi connectivity index (χ2n) is 6.03. The lowest BCUT2D eigenvalue weighted by Crippen LogP contribution is -2.28. The number of ether oxygens (including phenoxy) is 1. The molecule has 5 nitrogen and oxygen atoms in total. The van der Waals surface area contributed by atoms with Gasteiger partial charge in [-0.3, -0.25) is 9.48 Å². The van der Waals surface area contributed by atoms with E-state index in [0.717, 1.165) is 16.3 Å². The average Bonchev–Trinajstić information content (AvgIpc) is 3.02. The summed E-state index contributed by atoms with van der Waals surface area (Å²) in [7, 11) is 1.89. The van der Waals surface area contributed by atoms with Gasteiger partial charge >= 0.3 is 5.97 Å². The van der Waals surface area contributed by atoms with Gasteiger partial charge in [0, 0.05) is 29.9 Å². The van der Waals surface area contributed by atoms with Crippen LogP contribution in [0.15, 0.2) is 17.8 Å². The van der Waals surface area contributed by atoms with Gasteiger partial charge in [-0.2, -0.15) is 5.10 Å². The minimum Gasteiger partial charge on any atom is -0.459 e. The molecule has 1 atom stereocenters. The van der Waals surface area contributed by atoms with E-state index in [9.17, 15) is 4.79 Å². The highest BCUT2D eigenvalue weighted by Crippen LogP contribution is 2.26. The molecule has 0 aliphatic rings. The van der Waals surface area contributed by atoms with Crippen molar-refractivity contribution in [1.82, 2.24) is 14.8 Å². The van der Waals surface area contributed by atoms with Crippen molar-refractivity contribution < 1.29 is 9.53 Å². The summed E-state index contributed by atoms with van der Waals surface area (Å²) >= 11 is 3.13. The van der Waals surface area contributed by atoms with Gasteiger partial charge in [0.15, 0.2) is 0 Å². The quantitative estimate of drug-likeness (QED) is 0.780. The number of esters is 1. The number of thioether (sulfide) groups is 1. The van der Waals surface area contributed by atoms with Crippen LogP contribution in [0.5, 0.6) is 0 Å². The molecule has 0 fully saturated rings. The van der Waals surface area contributed by atoms with Gasteiger partial charge in [0.25, 0.3) is 0 Å². The molecule has 0 amide bonds. The normalized spacial score (nSPS) is 13.1. The fraction of sp³-hybridized carbons (Fsp3) is 0.533. The molecule has 0 bridgehead atoms. The van der Waals surface area contributed by atoms with Crippen LogP contribution in [0.4, 0.5) is 0 Å². The Hall–Kier alpha value is -1.34. The molecule has 7 heteroatoms. The van der Waals surface area contributed by atoms with Crippen LogP contribution in [0.3, 0.4) is 0 Å². The predicted octanol–water partition coefficient (Wildman–Crippen LogP) is 3.51. The molecule has 2 aromatic heterocycles. The third kappa shape index (κ3) is 4.84. The van der Waals surface area contributed by atoms with Gasteiger partial charge in [0.2, 0.25) is 0 Å². The first-order valence-corrected chi connectivity index (χ1v) is 8.95. The van der Waals surface area contributed by atoms with Crippen molar-refractivity contribution in [2.45, 2.75) is 44.3 Å². The van der Waals surface area contributed by atoms with Crippen molar-refractivity contribution in [2.75, 3.05) is 0 Å². The summed E-state index contributed by atoms with van der Waals surface area (Å²) in [6, 6.07) is 0. The third-order valence-corrected chi connectivity index (χ3v) is 4.82. The number of rotatable bonds is 5. The molecular formula is C15H21N3O2S2. The highest BCUT2D eigenvalue weighted by molar-refractivity contribution is 7.99. The molecule has 1 unspecified atom stereocenters. The summed E-state index contributed by atoms with van der Waals surface area (Å²) in [4.78, 5) is 16.5. The molecule has 2 rings (SSSR count). The molecule has 120 valence electrons. The Labute approximate surface area is 139 Å². The molecule has 0 aliphatic heterocycles. The lowest BCUT2D eigenvalue weighted by atomic mass is 10.2. The maximum atomic E-state index is 11.9. The predicted molar refractivity (Wildman–Crippen MR) is 90.9 cm³/mol. The van der Waals surface area contributed by atoms with Gasteiger partial charge in [0.05, 0.1) is 17.1 Å². The number of carbonyl (C=O) groups is 1. The Morgan fingerprint density at radius 3 is 2.82 bits per heavy atom. The van der Waals surface area contributed by atoms with Crippen LogP contribution in [0.1, 0.15) is 33.4 Å². The Balaban J connectivity index is 1.90. The minimum absolute atomic E-state index is 0.180. The molecule has 2 aromatic rings. The topological polar surface area (TPSA) is 57.0 Å². The lowest BCUT2D eigenvalue weighted by Gasteiger charge is -2.21. The number of hydrogen-bond acceptors (Lipinski definition) is 6. The van der Waals surface area contributed by atoms with Crippen LogP contribution in [0.25, 0.3) is 10.6 Å². The number of thiazole rings is 1. The van der Waals surface area contributed by atoms with E-state index in [2.05, 4.69) is 10.1 Å². The summed E-state index contributed by atoms with van der Waals surface area (Å²) in [5.41, 5.74) is 1.55. The van der Waals surface area contributed by atoms with E-state index in [-0.39, 0.29) is 11.2 Å². The average molecular weight is 339 g/mol. The van der Waals surface area contributed by atoms with E-state index in [1.807, 2.05) is 46.3 Å². The third-order valence-electron chi connectivity index (χ3n) is 2.72. The molecule has 0 aliphatic carbocycles. The number of nitrogens with zero attached hydrogens (tertiary/aromatic N) is 3. The number of carbonyl (C=O) groups excluding carboxylic acids is 1. The SMILES string of the molecule is CC(SCc1csc(-c2cnn(C)c2)n1)C(=O)OC(C)(C)C. The molecule has 0 saturated heterocycles. The Morgan fingerprint density at radius 2 is 2.23 bits per heavy atom. The number of hydrogen-bond donors (Lipinski definition) is 0. The van der Waals surface area contributed by atoms with Crippen LogP contribution >= 0.6 is 23.1 Å². The monoisotopic (exact) mass is 339 g/mol.